The number of nitrogens with one attached hydrogen (secondary N) is 1. The number of hydrogen-bond donors (Lipinski definition) is 1. The minimum atomic E-state index is -4.04. The molecule has 0 atom stereocenters. The van der Waals surface area contributed by atoms with Gasteiger partial charge in [0.2, 0.25) is 5.91 Å². The molecule has 6 nitrogen and oxygen atoms in total. The molecule has 3 amide bonds. The average molecular weight is 375 g/mol. The fourth-order valence-electron chi connectivity index (χ4n) is 1.88. The van der Waals surface area contributed by atoms with E-state index < -0.39 is 28.5 Å². The number of benzene rings is 1. The molecule has 1 saturated heterocycles. The number of carbonyl (C=O) groups is 2. The van der Waals surface area contributed by atoms with Gasteiger partial charge in [0.25, 0.3) is 10.0 Å². The predicted molar refractivity (Wildman–Crippen MR) is 77.0 cm³/mol. The highest BCUT2D eigenvalue weighted by molar-refractivity contribution is 9.10. The van der Waals surface area contributed by atoms with Crippen LogP contribution in [0.4, 0.5) is 4.79 Å². The van der Waals surface area contributed by atoms with Crippen molar-refractivity contribution < 1.29 is 18.0 Å². The van der Waals surface area contributed by atoms with Crippen molar-refractivity contribution in [2.45, 2.75) is 4.21 Å². The summed E-state index contributed by atoms with van der Waals surface area (Å²) < 4.78 is 26.7. The Morgan fingerprint density at radius 1 is 1.25 bits per heavy atom. The van der Waals surface area contributed by atoms with Crippen LogP contribution in [0.15, 0.2) is 32.9 Å². The molecule has 0 saturated carbocycles. The lowest BCUT2D eigenvalue weighted by molar-refractivity contribution is -0.118. The molecule has 1 aliphatic heterocycles. The molecule has 1 aromatic carbocycles. The largest absolute Gasteiger partial charge is 0.338 e. The summed E-state index contributed by atoms with van der Waals surface area (Å²) in [6, 6.07) is 6.25. The lowest BCUT2D eigenvalue weighted by Crippen LogP contribution is -2.33. The van der Waals surface area contributed by atoms with Crippen molar-refractivity contribution in [3.05, 3.63) is 28.7 Å². The van der Waals surface area contributed by atoms with E-state index in [-0.39, 0.29) is 4.21 Å². The summed E-state index contributed by atoms with van der Waals surface area (Å²) in [6.45, 7) is -0.484. The third kappa shape index (κ3) is 1.93. The van der Waals surface area contributed by atoms with Crippen molar-refractivity contribution in [2.75, 3.05) is 6.54 Å². The van der Waals surface area contributed by atoms with Gasteiger partial charge in [-0.3, -0.25) is 10.1 Å². The van der Waals surface area contributed by atoms with Crippen molar-refractivity contribution in [2.24, 2.45) is 0 Å². The Morgan fingerprint density at radius 2 is 1.95 bits per heavy atom. The highest BCUT2D eigenvalue weighted by atomic mass is 79.9. The molecule has 0 spiro atoms. The van der Waals surface area contributed by atoms with Crippen molar-refractivity contribution in [3.8, 4) is 0 Å². The molecule has 0 radical (unpaired) electrons. The first kappa shape index (κ1) is 13.5. The second kappa shape index (κ2) is 4.54. The predicted octanol–water partition coefficient (Wildman–Crippen LogP) is 1.90. The van der Waals surface area contributed by atoms with E-state index >= 15 is 0 Å². The number of amides is 3. The molecule has 3 rings (SSSR count). The van der Waals surface area contributed by atoms with Gasteiger partial charge < -0.3 is 0 Å². The third-order valence-electron chi connectivity index (χ3n) is 2.79. The number of rotatable bonds is 2. The molecule has 1 aliphatic rings. The Bertz CT molecular complexity index is 843. The molecule has 20 heavy (non-hydrogen) atoms. The number of hydrogen-bond acceptors (Lipinski definition) is 5. The maximum atomic E-state index is 12.5. The molecule has 9 heteroatoms. The first-order valence-corrected chi connectivity index (χ1v) is 8.50. The van der Waals surface area contributed by atoms with Gasteiger partial charge in [0.15, 0.2) is 4.21 Å². The third-order valence-corrected chi connectivity index (χ3v) is 7.53. The van der Waals surface area contributed by atoms with Gasteiger partial charge in [0, 0.05) is 10.1 Å². The zero-order valence-corrected chi connectivity index (χ0v) is 13.0. The van der Waals surface area contributed by atoms with Crippen LogP contribution in [0.3, 0.4) is 0 Å². The molecule has 0 aliphatic carbocycles. The first-order chi connectivity index (χ1) is 9.41. The van der Waals surface area contributed by atoms with Gasteiger partial charge >= 0.3 is 6.03 Å². The number of carbonyl (C=O) groups excluding carboxylic acids is 2. The maximum Gasteiger partial charge on any atom is 0.338 e. The molecule has 0 bridgehead atoms. The van der Waals surface area contributed by atoms with Gasteiger partial charge in [-0.2, -0.15) is 8.42 Å². The number of fused-ring (bicyclic) bond motifs is 1. The zero-order chi connectivity index (χ0) is 14.5. The topological polar surface area (TPSA) is 83.6 Å². The molecule has 1 aromatic heterocycles. The van der Waals surface area contributed by atoms with Crippen molar-refractivity contribution in [1.29, 1.82) is 0 Å². The van der Waals surface area contributed by atoms with Gasteiger partial charge in [-0.15, -0.1) is 11.3 Å². The number of imide groups is 1. The fourth-order valence-corrected chi connectivity index (χ4v) is 6.08. The van der Waals surface area contributed by atoms with Gasteiger partial charge in [-0.1, -0.05) is 18.2 Å². The minimum absolute atomic E-state index is 0.0172. The smallest absolute Gasteiger partial charge is 0.275 e. The van der Waals surface area contributed by atoms with Crippen molar-refractivity contribution in [3.63, 3.8) is 0 Å². The van der Waals surface area contributed by atoms with Crippen LogP contribution in [0.1, 0.15) is 0 Å². The summed E-state index contributed by atoms with van der Waals surface area (Å²) in [7, 11) is -4.04. The van der Waals surface area contributed by atoms with Crippen LogP contribution in [0.2, 0.25) is 0 Å². The molecule has 1 fully saturated rings. The standard InChI is InChI=1S/C11H7BrN2O4S2/c12-9-6-3-1-2-4-7(6)19-10(9)20(17,18)14-5-8(15)13-11(14)16/h1-4H,5H2,(H,13,15,16). The Labute approximate surface area is 126 Å². The lowest BCUT2D eigenvalue weighted by atomic mass is 10.3. The highest BCUT2D eigenvalue weighted by Crippen LogP contribution is 2.39. The zero-order valence-electron chi connectivity index (χ0n) is 9.79. The van der Waals surface area contributed by atoms with Gasteiger partial charge in [-0.25, -0.2) is 9.10 Å². The summed E-state index contributed by atoms with van der Waals surface area (Å²) in [6.07, 6.45) is 0. The summed E-state index contributed by atoms with van der Waals surface area (Å²) in [5.74, 6) is -0.629. The van der Waals surface area contributed by atoms with E-state index in [1.54, 1.807) is 24.3 Å². The van der Waals surface area contributed by atoms with Crippen molar-refractivity contribution in [1.82, 2.24) is 9.62 Å². The lowest BCUT2D eigenvalue weighted by Gasteiger charge is -2.12. The molecular weight excluding hydrogens is 368 g/mol. The number of halogens is 1. The fraction of sp³-hybridized carbons (Fsp3) is 0.0909. The van der Waals surface area contributed by atoms with Crippen LogP contribution in [-0.2, 0) is 14.8 Å². The maximum absolute atomic E-state index is 12.5. The normalized spacial score (nSPS) is 15.9. The van der Waals surface area contributed by atoms with Crippen LogP contribution in [0.25, 0.3) is 10.1 Å². The molecule has 2 heterocycles. The SMILES string of the molecule is O=C1CN(S(=O)(=O)c2sc3ccccc3c2Br)C(=O)N1. The monoisotopic (exact) mass is 374 g/mol. The van der Waals surface area contributed by atoms with Gasteiger partial charge in [0.1, 0.15) is 6.54 Å². The second-order valence-corrected chi connectivity index (χ2v) is 7.97. The van der Waals surface area contributed by atoms with Crippen LogP contribution >= 0.6 is 27.3 Å². The second-order valence-electron chi connectivity index (χ2n) is 4.06. The number of sulfonamides is 1. The molecule has 0 unspecified atom stereocenters. The van der Waals surface area contributed by atoms with Gasteiger partial charge in [0.05, 0.1) is 4.47 Å². The van der Waals surface area contributed by atoms with E-state index in [1.165, 1.54) is 0 Å². The number of urea groups is 1. The summed E-state index contributed by atoms with van der Waals surface area (Å²) in [5, 5.41) is 2.71. The van der Waals surface area contributed by atoms with Crippen LogP contribution in [0.5, 0.6) is 0 Å². The van der Waals surface area contributed by atoms with Crippen molar-refractivity contribution >= 4 is 59.3 Å². The Balaban J connectivity index is 2.17. The van der Waals surface area contributed by atoms with E-state index in [2.05, 4.69) is 15.9 Å². The van der Waals surface area contributed by atoms with E-state index in [0.29, 0.717) is 8.78 Å². The minimum Gasteiger partial charge on any atom is -0.275 e. The average Bonchev–Trinajstić information content (AvgIpc) is 2.91. The molecule has 104 valence electrons. The van der Waals surface area contributed by atoms with E-state index in [9.17, 15) is 18.0 Å². The Morgan fingerprint density at radius 3 is 2.55 bits per heavy atom. The first-order valence-electron chi connectivity index (χ1n) is 5.45. The Hall–Kier alpha value is -1.45. The molecular formula is C11H7BrN2O4S2. The Kier molecular flexibility index (Phi) is 3.07. The molecule has 2 aromatic rings. The quantitative estimate of drug-likeness (QED) is 0.813. The summed E-state index contributed by atoms with van der Waals surface area (Å²) >= 11 is 4.31. The van der Waals surface area contributed by atoms with Crippen LogP contribution in [0, 0.1) is 0 Å². The van der Waals surface area contributed by atoms with E-state index in [1.807, 2.05) is 5.32 Å². The van der Waals surface area contributed by atoms with E-state index in [4.69, 9.17) is 0 Å². The highest BCUT2D eigenvalue weighted by Gasteiger charge is 2.39. The van der Waals surface area contributed by atoms with Crippen LogP contribution < -0.4 is 5.32 Å². The van der Waals surface area contributed by atoms with E-state index in [0.717, 1.165) is 21.4 Å². The van der Waals surface area contributed by atoms with Crippen LogP contribution in [-0.4, -0.2) is 31.2 Å². The summed E-state index contributed by atoms with van der Waals surface area (Å²) in [5.41, 5.74) is 0. The number of thiophene rings is 1. The number of nitrogens with zero attached hydrogens (tertiary/aromatic N) is 1. The van der Waals surface area contributed by atoms with Gasteiger partial charge in [-0.05, 0) is 22.0 Å². The molecule has 1 N–H and O–H groups in total. The summed E-state index contributed by atoms with van der Waals surface area (Å²) in [4.78, 5) is 22.7.